The van der Waals surface area contributed by atoms with Crippen molar-refractivity contribution in [3.8, 4) is 0 Å². The van der Waals surface area contributed by atoms with Crippen molar-refractivity contribution in [3.63, 3.8) is 0 Å². The maximum absolute atomic E-state index is 5.96. The highest BCUT2D eigenvalue weighted by atomic mass is 28.4. The van der Waals surface area contributed by atoms with E-state index in [9.17, 15) is 0 Å². The van der Waals surface area contributed by atoms with E-state index < -0.39 is 53.5 Å². The molecule has 0 aromatic heterocycles. The van der Waals surface area contributed by atoms with Gasteiger partial charge in [-0.05, 0) is 37.9 Å². The first-order chi connectivity index (χ1) is 22.4. The lowest BCUT2D eigenvalue weighted by atomic mass is 10.1. The van der Waals surface area contributed by atoms with Crippen LogP contribution in [-0.2, 0) is 46.3 Å². The molecular formula is C30H68N2O9Si6. The van der Waals surface area contributed by atoms with Gasteiger partial charge in [-0.15, -0.1) is 0 Å². The van der Waals surface area contributed by atoms with Gasteiger partial charge in [0.15, 0.2) is 0 Å². The zero-order valence-electron chi connectivity index (χ0n) is 32.0. The highest BCUT2D eigenvalue weighted by molar-refractivity contribution is 6.76. The molecule has 0 spiro atoms. The van der Waals surface area contributed by atoms with Crippen LogP contribution in [-0.4, -0.2) is 136 Å². The zero-order chi connectivity index (χ0) is 35.7. The third kappa shape index (κ3) is 12.7. The lowest BCUT2D eigenvalue weighted by molar-refractivity contribution is 0.114. The summed E-state index contributed by atoms with van der Waals surface area (Å²) in [5.74, 6) is 0.291. The minimum absolute atomic E-state index is 0.0614. The Morgan fingerprint density at radius 2 is 1.11 bits per heavy atom. The average molecular weight is 769 g/mol. The molecule has 0 amide bonds. The molecule has 0 aliphatic rings. The molecule has 0 radical (unpaired) electrons. The Kier molecular flexibility index (Phi) is 21.9. The molecule has 0 aliphatic carbocycles. The first-order valence-electron chi connectivity index (χ1n) is 17.0. The van der Waals surface area contributed by atoms with Gasteiger partial charge in [0, 0.05) is 81.9 Å². The minimum atomic E-state index is -2.86. The predicted octanol–water partition coefficient (Wildman–Crippen LogP) is 1.72. The molecule has 1 atom stereocenters. The summed E-state index contributed by atoms with van der Waals surface area (Å²) < 4.78 is 51.7. The van der Waals surface area contributed by atoms with E-state index in [-0.39, 0.29) is 5.54 Å². The summed E-state index contributed by atoms with van der Waals surface area (Å²) in [7, 11) is 4.33. The number of rotatable bonds is 27. The van der Waals surface area contributed by atoms with E-state index in [0.29, 0.717) is 5.79 Å². The van der Waals surface area contributed by atoms with E-state index >= 15 is 0 Å². The van der Waals surface area contributed by atoms with E-state index in [2.05, 4.69) is 55.9 Å². The van der Waals surface area contributed by atoms with Crippen LogP contribution in [0, 0.1) is 0 Å². The van der Waals surface area contributed by atoms with Gasteiger partial charge in [-0.2, -0.15) is 0 Å². The molecule has 1 aromatic rings. The molecule has 0 saturated carbocycles. The Balaban J connectivity index is 3.23. The molecule has 1 aromatic carbocycles. The van der Waals surface area contributed by atoms with Gasteiger partial charge in [0.25, 0.3) is 0 Å². The van der Waals surface area contributed by atoms with E-state index in [1.807, 2.05) is 0 Å². The first-order valence-corrected chi connectivity index (χ1v) is 30.2. The van der Waals surface area contributed by atoms with Crippen molar-refractivity contribution in [1.82, 2.24) is 10.6 Å². The second kappa shape index (κ2) is 22.8. The maximum Gasteiger partial charge on any atom is 0.507 e. The van der Waals surface area contributed by atoms with Gasteiger partial charge in [-0.3, -0.25) is 0 Å². The molecule has 2 N–H and O–H groups in total. The number of nitrogens with one attached hydrogen (secondary N) is 2. The van der Waals surface area contributed by atoms with Crippen molar-refractivity contribution in [2.45, 2.75) is 81.8 Å². The molecule has 47 heavy (non-hydrogen) atoms. The first kappa shape index (κ1) is 45.1. The molecule has 0 saturated heterocycles. The van der Waals surface area contributed by atoms with Gasteiger partial charge in [-0.1, -0.05) is 67.2 Å². The van der Waals surface area contributed by atoms with Gasteiger partial charge in [0.2, 0.25) is 0 Å². The molecule has 11 nitrogen and oxygen atoms in total. The third-order valence-electron chi connectivity index (χ3n) is 9.36. The van der Waals surface area contributed by atoms with Crippen LogP contribution in [0.2, 0.25) is 44.3 Å². The van der Waals surface area contributed by atoms with Crippen LogP contribution in [0.4, 0.5) is 0 Å². The highest BCUT2D eigenvalue weighted by Gasteiger charge is 2.46. The van der Waals surface area contributed by atoms with Crippen LogP contribution in [0.3, 0.4) is 0 Å². The highest BCUT2D eigenvalue weighted by Crippen LogP contribution is 2.28. The number of hydrogen-bond acceptors (Lipinski definition) is 11. The van der Waals surface area contributed by atoms with Crippen molar-refractivity contribution in [1.29, 1.82) is 0 Å². The summed E-state index contributed by atoms with van der Waals surface area (Å²) in [5, 5.41) is 10.9. The topological polar surface area (TPSA) is 107 Å². The summed E-state index contributed by atoms with van der Waals surface area (Å²) in [6.07, 6.45) is 2.94. The fourth-order valence-electron chi connectivity index (χ4n) is 6.58. The maximum atomic E-state index is 5.96. The molecule has 0 heterocycles. The Bertz CT molecular complexity index is 950. The summed E-state index contributed by atoms with van der Waals surface area (Å²) >= 11 is 0. The SMILES string of the molecule is CO[Si](CCCNC(NCCC[Si](OC)(OC)OC)[SiH2]CCc1c([SiH](C)C)ccc(C(C)[Si](OC)(OC)OC)c1[SiH](C)C)(OC)OC. The zero-order valence-corrected chi connectivity index (χ0v) is 38.7. The third-order valence-corrected chi connectivity index (χ3v) is 23.6. The van der Waals surface area contributed by atoms with Crippen LogP contribution < -0.4 is 21.0 Å². The Hall–Kier alpha value is 0.0813. The van der Waals surface area contributed by atoms with Crippen LogP contribution in [0.25, 0.3) is 0 Å². The van der Waals surface area contributed by atoms with Crippen molar-refractivity contribution in [2.75, 3.05) is 77.1 Å². The lowest BCUT2D eigenvalue weighted by Gasteiger charge is -2.33. The Morgan fingerprint density at radius 3 is 1.47 bits per heavy atom. The normalized spacial score (nSPS) is 14.1. The van der Waals surface area contributed by atoms with E-state index in [0.717, 1.165) is 44.4 Å². The van der Waals surface area contributed by atoms with Crippen LogP contribution >= 0.6 is 0 Å². The molecular weight excluding hydrogens is 701 g/mol. The molecule has 0 aliphatic heterocycles. The summed E-state index contributed by atoms with van der Waals surface area (Å²) in [6, 6.07) is 7.50. The van der Waals surface area contributed by atoms with Gasteiger partial charge < -0.3 is 50.5 Å². The smallest absolute Gasteiger partial charge is 0.377 e. The van der Waals surface area contributed by atoms with Gasteiger partial charge in [-0.25, -0.2) is 0 Å². The van der Waals surface area contributed by atoms with Crippen LogP contribution in [0.1, 0.15) is 36.4 Å². The van der Waals surface area contributed by atoms with Crippen molar-refractivity contribution in [3.05, 3.63) is 23.3 Å². The molecule has 276 valence electrons. The second-order valence-corrected chi connectivity index (χ2v) is 29.9. The summed E-state index contributed by atoms with van der Waals surface area (Å²) in [5.41, 5.74) is 3.02. The molecule has 1 rings (SSSR count). The van der Waals surface area contributed by atoms with Crippen LogP contribution in [0.15, 0.2) is 12.1 Å². The van der Waals surface area contributed by atoms with Gasteiger partial charge in [0.1, 0.15) is 0 Å². The molecule has 0 bridgehead atoms. The fourth-order valence-corrected chi connectivity index (χ4v) is 17.8. The predicted molar refractivity (Wildman–Crippen MR) is 208 cm³/mol. The fraction of sp³-hybridized carbons (Fsp3) is 0.800. The Morgan fingerprint density at radius 1 is 0.660 bits per heavy atom. The monoisotopic (exact) mass is 768 g/mol. The average Bonchev–Trinajstić information content (AvgIpc) is 3.09. The second-order valence-electron chi connectivity index (χ2n) is 12.5. The van der Waals surface area contributed by atoms with Gasteiger partial charge in [0.05, 0.1) is 32.7 Å². The largest absolute Gasteiger partial charge is 0.507 e. The van der Waals surface area contributed by atoms with E-state index in [4.69, 9.17) is 39.8 Å². The summed E-state index contributed by atoms with van der Waals surface area (Å²) in [6.45, 7) is 13.7. The quantitative estimate of drug-likeness (QED) is 0.0777. The van der Waals surface area contributed by atoms with E-state index in [1.165, 1.54) is 11.6 Å². The standard InChI is InChI=1S/C30H68N2O9Si6/c1-25(47(39-8,40-9)41-10)26-17-18-28(43(11)12)27(29(26)44(13)14)19-22-42-30(31-20-15-23-45(33-2,34-3)35-4)32-21-16-24-46(36-5,37-6)38-7/h17-18,25,30-32,43-44H,15-16,19-24,42H2,1-14H3. The van der Waals surface area contributed by atoms with Crippen molar-refractivity contribution in [2.24, 2.45) is 0 Å². The number of benzene rings is 1. The number of hydrogen-bond donors (Lipinski definition) is 2. The minimum Gasteiger partial charge on any atom is -0.377 e. The van der Waals surface area contributed by atoms with Crippen molar-refractivity contribution >= 4 is 63.9 Å². The molecule has 0 fully saturated rings. The Labute approximate surface area is 295 Å². The van der Waals surface area contributed by atoms with Gasteiger partial charge >= 0.3 is 26.4 Å². The van der Waals surface area contributed by atoms with Crippen LogP contribution in [0.5, 0.6) is 0 Å². The van der Waals surface area contributed by atoms with Crippen molar-refractivity contribution < 1.29 is 39.8 Å². The van der Waals surface area contributed by atoms with E-state index in [1.54, 1.807) is 79.9 Å². The summed E-state index contributed by atoms with van der Waals surface area (Å²) in [4.78, 5) is 0. The molecule has 17 heteroatoms. The molecule has 1 unspecified atom stereocenters. The lowest BCUT2D eigenvalue weighted by Crippen LogP contribution is -2.51.